The lowest BCUT2D eigenvalue weighted by Gasteiger charge is -2.19. The molecule has 2 nitrogen and oxygen atoms in total. The predicted molar refractivity (Wildman–Crippen MR) is 68.2 cm³/mol. The highest BCUT2D eigenvalue weighted by atomic mass is 35.5. The normalized spacial score (nSPS) is 11.3. The van der Waals surface area contributed by atoms with Gasteiger partial charge in [0.2, 0.25) is 0 Å². The molecule has 1 rings (SSSR count). The molecule has 0 aliphatic carbocycles. The third-order valence-electron chi connectivity index (χ3n) is 2.42. The SMILES string of the molecule is CCNC(=O)c1ccc(C(C)(C)C)cc1Cl. The molecule has 0 saturated carbocycles. The second kappa shape index (κ2) is 4.88. The lowest BCUT2D eigenvalue weighted by atomic mass is 9.86. The fraction of sp³-hybridized carbons (Fsp3) is 0.462. The molecule has 16 heavy (non-hydrogen) atoms. The summed E-state index contributed by atoms with van der Waals surface area (Å²) >= 11 is 6.11. The van der Waals surface area contributed by atoms with Crippen LogP contribution >= 0.6 is 11.6 Å². The summed E-state index contributed by atoms with van der Waals surface area (Å²) in [5.74, 6) is -0.118. The minimum absolute atomic E-state index is 0.0450. The Hall–Kier alpha value is -1.02. The first-order chi connectivity index (χ1) is 7.36. The average molecular weight is 240 g/mol. The third-order valence-corrected chi connectivity index (χ3v) is 2.73. The zero-order chi connectivity index (χ0) is 12.3. The van der Waals surface area contributed by atoms with Gasteiger partial charge in [-0.3, -0.25) is 4.79 Å². The largest absolute Gasteiger partial charge is 0.352 e. The van der Waals surface area contributed by atoms with Crippen LogP contribution in [0.3, 0.4) is 0 Å². The van der Waals surface area contributed by atoms with Crippen molar-refractivity contribution in [1.29, 1.82) is 0 Å². The van der Waals surface area contributed by atoms with Crippen molar-refractivity contribution in [2.75, 3.05) is 6.54 Å². The summed E-state index contributed by atoms with van der Waals surface area (Å²) in [6, 6.07) is 5.61. The summed E-state index contributed by atoms with van der Waals surface area (Å²) in [5.41, 5.74) is 1.71. The number of rotatable bonds is 2. The van der Waals surface area contributed by atoms with Crippen LogP contribution in [0.1, 0.15) is 43.6 Å². The van der Waals surface area contributed by atoms with Crippen LogP contribution in [0.2, 0.25) is 5.02 Å². The molecular weight excluding hydrogens is 222 g/mol. The highest BCUT2D eigenvalue weighted by molar-refractivity contribution is 6.33. The molecule has 0 aliphatic heterocycles. The number of carbonyl (C=O) groups is 1. The second-order valence-electron chi connectivity index (χ2n) is 4.80. The first-order valence-electron chi connectivity index (χ1n) is 5.44. The molecule has 0 unspecified atom stereocenters. The van der Waals surface area contributed by atoms with E-state index in [1.165, 1.54) is 0 Å². The summed E-state index contributed by atoms with van der Waals surface area (Å²) < 4.78 is 0. The van der Waals surface area contributed by atoms with Gasteiger partial charge in [-0.15, -0.1) is 0 Å². The summed E-state index contributed by atoms with van der Waals surface area (Å²) in [6.45, 7) is 8.84. The Morgan fingerprint density at radius 2 is 2.00 bits per heavy atom. The minimum Gasteiger partial charge on any atom is -0.352 e. The molecule has 0 radical (unpaired) electrons. The summed E-state index contributed by atoms with van der Waals surface area (Å²) in [4.78, 5) is 11.6. The van der Waals surface area contributed by atoms with E-state index in [1.54, 1.807) is 6.07 Å². The van der Waals surface area contributed by atoms with Crippen LogP contribution in [-0.2, 0) is 5.41 Å². The van der Waals surface area contributed by atoms with Crippen LogP contribution in [-0.4, -0.2) is 12.5 Å². The first-order valence-corrected chi connectivity index (χ1v) is 5.82. The van der Waals surface area contributed by atoms with Crippen molar-refractivity contribution in [1.82, 2.24) is 5.32 Å². The van der Waals surface area contributed by atoms with Crippen molar-refractivity contribution in [3.8, 4) is 0 Å². The molecule has 0 bridgehead atoms. The van der Waals surface area contributed by atoms with E-state index in [0.29, 0.717) is 17.1 Å². The maximum Gasteiger partial charge on any atom is 0.252 e. The molecule has 0 heterocycles. The number of carbonyl (C=O) groups excluding carboxylic acids is 1. The van der Waals surface area contributed by atoms with Gasteiger partial charge in [-0.25, -0.2) is 0 Å². The molecule has 1 N–H and O–H groups in total. The molecule has 88 valence electrons. The zero-order valence-corrected chi connectivity index (χ0v) is 11.0. The molecule has 0 fully saturated rings. The Balaban J connectivity index is 3.05. The van der Waals surface area contributed by atoms with Gasteiger partial charge in [0, 0.05) is 6.54 Å². The van der Waals surface area contributed by atoms with Gasteiger partial charge in [0.1, 0.15) is 0 Å². The van der Waals surface area contributed by atoms with Crippen molar-refractivity contribution < 1.29 is 4.79 Å². The zero-order valence-electron chi connectivity index (χ0n) is 10.2. The van der Waals surface area contributed by atoms with E-state index >= 15 is 0 Å². The van der Waals surface area contributed by atoms with Gasteiger partial charge in [-0.1, -0.05) is 38.4 Å². The van der Waals surface area contributed by atoms with E-state index in [2.05, 4.69) is 26.1 Å². The summed E-state index contributed by atoms with van der Waals surface area (Å²) in [7, 11) is 0. The maximum atomic E-state index is 11.6. The molecule has 0 aromatic heterocycles. The summed E-state index contributed by atoms with van der Waals surface area (Å²) in [6.07, 6.45) is 0. The number of hydrogen-bond acceptors (Lipinski definition) is 1. The quantitative estimate of drug-likeness (QED) is 0.842. The highest BCUT2D eigenvalue weighted by Gasteiger charge is 2.16. The molecule has 0 saturated heterocycles. The average Bonchev–Trinajstić information content (AvgIpc) is 2.16. The van der Waals surface area contributed by atoms with E-state index in [9.17, 15) is 4.79 Å². The number of hydrogen-bond donors (Lipinski definition) is 1. The van der Waals surface area contributed by atoms with E-state index in [0.717, 1.165) is 5.56 Å². The fourth-order valence-electron chi connectivity index (χ4n) is 1.42. The van der Waals surface area contributed by atoms with Gasteiger partial charge in [0.15, 0.2) is 0 Å². The van der Waals surface area contributed by atoms with Crippen LogP contribution in [0.5, 0.6) is 0 Å². The number of nitrogens with one attached hydrogen (secondary N) is 1. The number of halogens is 1. The predicted octanol–water partition coefficient (Wildman–Crippen LogP) is 3.39. The van der Waals surface area contributed by atoms with Crippen molar-refractivity contribution in [3.05, 3.63) is 34.3 Å². The molecular formula is C13H18ClNO. The molecule has 0 spiro atoms. The van der Waals surface area contributed by atoms with E-state index in [-0.39, 0.29) is 11.3 Å². The second-order valence-corrected chi connectivity index (χ2v) is 5.21. The smallest absolute Gasteiger partial charge is 0.252 e. The van der Waals surface area contributed by atoms with Crippen LogP contribution in [0, 0.1) is 0 Å². The Labute approximate surface area is 102 Å². The van der Waals surface area contributed by atoms with Gasteiger partial charge in [-0.05, 0) is 30.0 Å². The Morgan fingerprint density at radius 3 is 2.44 bits per heavy atom. The fourth-order valence-corrected chi connectivity index (χ4v) is 1.69. The van der Waals surface area contributed by atoms with Gasteiger partial charge in [0.25, 0.3) is 5.91 Å². The topological polar surface area (TPSA) is 29.1 Å². The Bertz CT molecular complexity index is 393. The van der Waals surface area contributed by atoms with Crippen molar-refractivity contribution >= 4 is 17.5 Å². The standard InChI is InChI=1S/C13H18ClNO/c1-5-15-12(16)10-7-6-9(8-11(10)14)13(2,3)4/h6-8H,5H2,1-4H3,(H,15,16). The number of benzene rings is 1. The Morgan fingerprint density at radius 1 is 1.38 bits per heavy atom. The van der Waals surface area contributed by atoms with Crippen LogP contribution in [0.15, 0.2) is 18.2 Å². The minimum atomic E-state index is -0.118. The van der Waals surface area contributed by atoms with Crippen molar-refractivity contribution in [3.63, 3.8) is 0 Å². The molecule has 0 atom stereocenters. The molecule has 0 aliphatic rings. The molecule has 1 amide bonds. The van der Waals surface area contributed by atoms with Gasteiger partial charge in [-0.2, -0.15) is 0 Å². The number of amides is 1. The van der Waals surface area contributed by atoms with Gasteiger partial charge in [0.05, 0.1) is 10.6 Å². The van der Waals surface area contributed by atoms with Gasteiger partial charge < -0.3 is 5.32 Å². The van der Waals surface area contributed by atoms with E-state index in [4.69, 9.17) is 11.6 Å². The van der Waals surface area contributed by atoms with Crippen LogP contribution in [0.4, 0.5) is 0 Å². The summed E-state index contributed by atoms with van der Waals surface area (Å²) in [5, 5.41) is 3.25. The molecule has 1 aromatic rings. The lowest BCUT2D eigenvalue weighted by Crippen LogP contribution is -2.23. The van der Waals surface area contributed by atoms with Crippen LogP contribution in [0.25, 0.3) is 0 Å². The van der Waals surface area contributed by atoms with E-state index in [1.807, 2.05) is 19.1 Å². The molecule has 1 aromatic carbocycles. The van der Waals surface area contributed by atoms with E-state index < -0.39 is 0 Å². The first kappa shape index (κ1) is 13.0. The van der Waals surface area contributed by atoms with Crippen molar-refractivity contribution in [2.24, 2.45) is 0 Å². The maximum absolute atomic E-state index is 11.6. The molecule has 3 heteroatoms. The van der Waals surface area contributed by atoms with Crippen LogP contribution < -0.4 is 5.32 Å². The Kier molecular flexibility index (Phi) is 3.98. The lowest BCUT2D eigenvalue weighted by molar-refractivity contribution is 0.0956. The third kappa shape index (κ3) is 2.99. The highest BCUT2D eigenvalue weighted by Crippen LogP contribution is 2.27. The van der Waals surface area contributed by atoms with Crippen molar-refractivity contribution in [2.45, 2.75) is 33.1 Å². The van der Waals surface area contributed by atoms with Gasteiger partial charge >= 0.3 is 0 Å². The monoisotopic (exact) mass is 239 g/mol.